The van der Waals surface area contributed by atoms with Gasteiger partial charge in [0.1, 0.15) is 11.9 Å². The number of carbonyl (C=O) groups excluding carboxylic acids is 1. The van der Waals surface area contributed by atoms with Crippen molar-refractivity contribution in [3.05, 3.63) is 50.7 Å². The molecule has 0 N–H and O–H groups in total. The van der Waals surface area contributed by atoms with Crippen LogP contribution in [0.3, 0.4) is 0 Å². The molecule has 2 aromatic heterocycles. The molecule has 0 saturated carbocycles. The first-order valence-corrected chi connectivity index (χ1v) is 8.12. The maximum absolute atomic E-state index is 12.3. The summed E-state index contributed by atoms with van der Waals surface area (Å²) in [6.07, 6.45) is 0.603. The van der Waals surface area contributed by atoms with Gasteiger partial charge in [0.25, 0.3) is 11.5 Å². The number of furan rings is 1. The molecule has 122 valence electrons. The van der Waals surface area contributed by atoms with Gasteiger partial charge in [-0.25, -0.2) is 0 Å². The van der Waals surface area contributed by atoms with E-state index < -0.39 is 0 Å². The van der Waals surface area contributed by atoms with Gasteiger partial charge in [-0.3, -0.25) is 9.59 Å². The third-order valence-corrected chi connectivity index (χ3v) is 4.42. The number of hydrogen-bond donors (Lipinski definition) is 0. The van der Waals surface area contributed by atoms with Crippen LogP contribution in [0.5, 0.6) is 5.75 Å². The van der Waals surface area contributed by atoms with Gasteiger partial charge in [-0.15, -0.1) is 0 Å². The predicted molar refractivity (Wildman–Crippen MR) is 87.8 cm³/mol. The molecule has 1 unspecified atom stereocenters. The Morgan fingerprint density at radius 2 is 2.17 bits per heavy atom. The Hall–Kier alpha value is -2.02. The van der Waals surface area contributed by atoms with Crippen LogP contribution in [-0.2, 0) is 7.05 Å². The Balaban J connectivity index is 1.66. The van der Waals surface area contributed by atoms with Gasteiger partial charge in [0.2, 0.25) is 0 Å². The molecule has 7 heteroatoms. The Kier molecular flexibility index (Phi) is 4.30. The van der Waals surface area contributed by atoms with Crippen molar-refractivity contribution in [3.63, 3.8) is 0 Å². The Labute approximate surface area is 141 Å². The standard InChI is InChI=1S/C16H17BrN2O4/c1-10-7-12(8-15(20)18(10)2)22-11-5-6-19(9-11)16(21)13-3-4-14(17)23-13/h3-4,7-8,11H,5-6,9H2,1-2H3. The number of pyridine rings is 1. The second-order valence-corrected chi connectivity index (χ2v) is 6.39. The molecule has 1 aliphatic rings. The molecule has 23 heavy (non-hydrogen) atoms. The number of halogens is 1. The van der Waals surface area contributed by atoms with Crippen LogP contribution in [0.1, 0.15) is 22.7 Å². The van der Waals surface area contributed by atoms with Crippen molar-refractivity contribution < 1.29 is 13.9 Å². The van der Waals surface area contributed by atoms with Gasteiger partial charge in [-0.2, -0.15) is 0 Å². The minimum Gasteiger partial charge on any atom is -0.488 e. The largest absolute Gasteiger partial charge is 0.488 e. The van der Waals surface area contributed by atoms with E-state index >= 15 is 0 Å². The number of likely N-dealkylation sites (tertiary alicyclic amines) is 1. The second-order valence-electron chi connectivity index (χ2n) is 5.61. The fraction of sp³-hybridized carbons (Fsp3) is 0.375. The SMILES string of the molecule is Cc1cc(OC2CCN(C(=O)c3ccc(Br)o3)C2)cc(=O)n1C. The van der Waals surface area contributed by atoms with Gasteiger partial charge >= 0.3 is 0 Å². The summed E-state index contributed by atoms with van der Waals surface area (Å²) in [5.41, 5.74) is 0.727. The van der Waals surface area contributed by atoms with E-state index in [9.17, 15) is 9.59 Å². The van der Waals surface area contributed by atoms with Crippen molar-refractivity contribution in [2.45, 2.75) is 19.4 Å². The van der Waals surface area contributed by atoms with Crippen LogP contribution in [0.15, 0.2) is 38.1 Å². The van der Waals surface area contributed by atoms with Gasteiger partial charge in [-0.1, -0.05) is 0 Å². The monoisotopic (exact) mass is 380 g/mol. The van der Waals surface area contributed by atoms with Crippen molar-refractivity contribution >= 4 is 21.8 Å². The minimum atomic E-state index is -0.151. The summed E-state index contributed by atoms with van der Waals surface area (Å²) < 4.78 is 13.3. The van der Waals surface area contributed by atoms with E-state index in [2.05, 4.69) is 15.9 Å². The average Bonchev–Trinajstić information content (AvgIpc) is 3.13. The summed E-state index contributed by atoms with van der Waals surface area (Å²) in [6, 6.07) is 6.64. The first kappa shape index (κ1) is 15.9. The van der Waals surface area contributed by atoms with Crippen LogP contribution in [0.4, 0.5) is 0 Å². The molecule has 0 bridgehead atoms. The number of aryl methyl sites for hydroxylation is 1. The van der Waals surface area contributed by atoms with Crippen molar-refractivity contribution in [2.24, 2.45) is 7.05 Å². The summed E-state index contributed by atoms with van der Waals surface area (Å²) in [7, 11) is 1.72. The van der Waals surface area contributed by atoms with Crippen molar-refractivity contribution in [1.29, 1.82) is 0 Å². The summed E-state index contributed by atoms with van der Waals surface area (Å²) in [6.45, 7) is 2.94. The van der Waals surface area contributed by atoms with Crippen molar-refractivity contribution in [1.82, 2.24) is 9.47 Å². The van der Waals surface area contributed by atoms with Crippen LogP contribution < -0.4 is 10.3 Å². The molecule has 1 aliphatic heterocycles. The van der Waals surface area contributed by atoms with E-state index in [0.29, 0.717) is 29.3 Å². The molecule has 3 rings (SSSR count). The minimum absolute atomic E-state index is 0.105. The van der Waals surface area contributed by atoms with E-state index in [1.807, 2.05) is 13.0 Å². The van der Waals surface area contributed by atoms with Crippen LogP contribution in [0, 0.1) is 6.92 Å². The fourth-order valence-electron chi connectivity index (χ4n) is 2.59. The summed E-state index contributed by atoms with van der Waals surface area (Å²) in [5, 5.41) is 0. The van der Waals surface area contributed by atoms with Gasteiger partial charge in [0.05, 0.1) is 6.54 Å². The molecule has 0 spiro atoms. The molecule has 2 aromatic rings. The highest BCUT2D eigenvalue weighted by atomic mass is 79.9. The molecule has 0 aliphatic carbocycles. The van der Waals surface area contributed by atoms with Crippen LogP contribution in [0.2, 0.25) is 0 Å². The number of hydrogen-bond acceptors (Lipinski definition) is 4. The molecule has 1 saturated heterocycles. The highest BCUT2D eigenvalue weighted by Crippen LogP contribution is 2.21. The van der Waals surface area contributed by atoms with E-state index in [4.69, 9.17) is 9.15 Å². The van der Waals surface area contributed by atoms with E-state index in [1.165, 1.54) is 6.07 Å². The van der Waals surface area contributed by atoms with Crippen LogP contribution in [-0.4, -0.2) is 34.6 Å². The number of aromatic nitrogens is 1. The quantitative estimate of drug-likeness (QED) is 0.819. The third-order valence-electron chi connectivity index (χ3n) is 4.00. The zero-order chi connectivity index (χ0) is 16.6. The zero-order valence-electron chi connectivity index (χ0n) is 12.9. The summed E-state index contributed by atoms with van der Waals surface area (Å²) in [4.78, 5) is 25.8. The number of ether oxygens (including phenoxy) is 1. The highest BCUT2D eigenvalue weighted by Gasteiger charge is 2.29. The molecule has 1 amide bonds. The zero-order valence-corrected chi connectivity index (χ0v) is 14.5. The van der Waals surface area contributed by atoms with E-state index in [0.717, 1.165) is 12.1 Å². The first-order valence-electron chi connectivity index (χ1n) is 7.33. The molecule has 0 aromatic carbocycles. The number of amides is 1. The smallest absolute Gasteiger partial charge is 0.289 e. The fourth-order valence-corrected chi connectivity index (χ4v) is 2.90. The van der Waals surface area contributed by atoms with Gasteiger partial charge < -0.3 is 18.6 Å². The Bertz CT molecular complexity index is 796. The molecule has 1 fully saturated rings. The van der Waals surface area contributed by atoms with Crippen LogP contribution in [0.25, 0.3) is 0 Å². The second kappa shape index (κ2) is 6.23. The lowest BCUT2D eigenvalue weighted by molar-refractivity contribution is 0.0739. The Morgan fingerprint density at radius 3 is 2.83 bits per heavy atom. The normalized spacial score (nSPS) is 17.5. The van der Waals surface area contributed by atoms with Crippen LogP contribution >= 0.6 is 15.9 Å². The highest BCUT2D eigenvalue weighted by molar-refractivity contribution is 9.10. The summed E-state index contributed by atoms with van der Waals surface area (Å²) >= 11 is 3.19. The van der Waals surface area contributed by atoms with Crippen molar-refractivity contribution in [2.75, 3.05) is 13.1 Å². The van der Waals surface area contributed by atoms with Gasteiger partial charge in [-0.05, 0) is 41.1 Å². The maximum Gasteiger partial charge on any atom is 0.289 e. The lowest BCUT2D eigenvalue weighted by Crippen LogP contribution is -2.30. The van der Waals surface area contributed by atoms with Gasteiger partial charge in [0, 0.05) is 31.8 Å². The number of nitrogens with zero attached hydrogens (tertiary/aromatic N) is 2. The lowest BCUT2D eigenvalue weighted by atomic mass is 10.3. The lowest BCUT2D eigenvalue weighted by Gasteiger charge is -2.16. The molecule has 3 heterocycles. The molecule has 1 atom stereocenters. The van der Waals surface area contributed by atoms with E-state index in [-0.39, 0.29) is 17.6 Å². The molecular weight excluding hydrogens is 364 g/mol. The Morgan fingerprint density at radius 1 is 1.39 bits per heavy atom. The number of carbonyl (C=O) groups is 1. The van der Waals surface area contributed by atoms with Gasteiger partial charge in [0.15, 0.2) is 10.4 Å². The van der Waals surface area contributed by atoms with Crippen molar-refractivity contribution in [3.8, 4) is 5.75 Å². The topological polar surface area (TPSA) is 64.7 Å². The summed E-state index contributed by atoms with van der Waals surface area (Å²) in [5.74, 6) is 0.703. The molecule has 6 nitrogen and oxygen atoms in total. The average molecular weight is 381 g/mol. The molecular formula is C16H17BrN2O4. The number of rotatable bonds is 3. The van der Waals surface area contributed by atoms with E-state index in [1.54, 1.807) is 28.6 Å². The molecule has 0 radical (unpaired) electrons. The maximum atomic E-state index is 12.3. The first-order chi connectivity index (χ1) is 10.9. The predicted octanol–water partition coefficient (Wildman–Crippen LogP) is 2.34. The third kappa shape index (κ3) is 3.34.